The molecule has 1 aromatic heterocycles. The fourth-order valence-corrected chi connectivity index (χ4v) is 2.39. The Labute approximate surface area is 99.8 Å². The number of nitrogens with two attached hydrogens (primary N) is 1. The van der Waals surface area contributed by atoms with Crippen molar-refractivity contribution in [3.63, 3.8) is 0 Å². The molecule has 8 heteroatoms. The average Bonchev–Trinajstić information content (AvgIpc) is 2.98. The van der Waals surface area contributed by atoms with Gasteiger partial charge < -0.3 is 10.5 Å². The highest BCUT2D eigenvalue weighted by molar-refractivity contribution is 7.89. The van der Waals surface area contributed by atoms with E-state index < -0.39 is 10.0 Å². The molecule has 0 aromatic carbocycles. The van der Waals surface area contributed by atoms with E-state index in [9.17, 15) is 8.42 Å². The Morgan fingerprint density at radius 3 is 2.94 bits per heavy atom. The van der Waals surface area contributed by atoms with Gasteiger partial charge in [-0.05, 0) is 18.8 Å². The van der Waals surface area contributed by atoms with Crippen LogP contribution < -0.4 is 10.5 Å². The second-order valence-electron chi connectivity index (χ2n) is 4.06. The Kier molecular flexibility index (Phi) is 3.65. The van der Waals surface area contributed by atoms with E-state index in [0.717, 1.165) is 6.61 Å². The lowest BCUT2D eigenvalue weighted by Crippen LogP contribution is -2.28. The minimum Gasteiger partial charge on any atom is -0.383 e. The van der Waals surface area contributed by atoms with Crippen LogP contribution in [0.25, 0.3) is 0 Å². The van der Waals surface area contributed by atoms with Crippen molar-refractivity contribution in [3.8, 4) is 0 Å². The van der Waals surface area contributed by atoms with Crippen LogP contribution in [-0.4, -0.2) is 38.4 Å². The van der Waals surface area contributed by atoms with Crippen LogP contribution in [0.15, 0.2) is 11.1 Å². The van der Waals surface area contributed by atoms with E-state index in [2.05, 4.69) is 14.9 Å². The molecule has 1 saturated carbocycles. The van der Waals surface area contributed by atoms with Crippen molar-refractivity contribution in [2.75, 3.05) is 25.5 Å². The topological polar surface area (TPSA) is 110 Å². The predicted octanol–water partition coefficient (Wildman–Crippen LogP) is -0.303. The van der Waals surface area contributed by atoms with Crippen LogP contribution in [0.2, 0.25) is 0 Å². The van der Waals surface area contributed by atoms with Crippen LogP contribution in [0.1, 0.15) is 12.8 Å². The second-order valence-corrected chi connectivity index (χ2v) is 5.80. The summed E-state index contributed by atoms with van der Waals surface area (Å²) in [6.45, 7) is 1.32. The number of hydrogen-bond donors (Lipinski definition) is 3. The van der Waals surface area contributed by atoms with Crippen LogP contribution in [0.3, 0.4) is 0 Å². The van der Waals surface area contributed by atoms with E-state index in [1.165, 1.54) is 19.0 Å². The Morgan fingerprint density at radius 1 is 1.59 bits per heavy atom. The van der Waals surface area contributed by atoms with Crippen molar-refractivity contribution in [1.82, 2.24) is 14.9 Å². The van der Waals surface area contributed by atoms with Crippen molar-refractivity contribution < 1.29 is 13.2 Å². The van der Waals surface area contributed by atoms with Gasteiger partial charge in [0.25, 0.3) is 0 Å². The van der Waals surface area contributed by atoms with E-state index >= 15 is 0 Å². The maximum atomic E-state index is 11.7. The maximum absolute atomic E-state index is 11.7. The van der Waals surface area contributed by atoms with Gasteiger partial charge in [-0.15, -0.1) is 0 Å². The quantitative estimate of drug-likeness (QED) is 0.583. The molecule has 0 atom stereocenters. The Bertz CT molecular complexity index is 466. The van der Waals surface area contributed by atoms with Gasteiger partial charge in [0.2, 0.25) is 10.0 Å². The molecule has 0 unspecified atom stereocenters. The third-order valence-corrected chi connectivity index (χ3v) is 4.00. The first kappa shape index (κ1) is 12.3. The van der Waals surface area contributed by atoms with Gasteiger partial charge >= 0.3 is 0 Å². The summed E-state index contributed by atoms with van der Waals surface area (Å²) in [6, 6.07) is 0. The molecule has 0 bridgehead atoms. The summed E-state index contributed by atoms with van der Waals surface area (Å²) in [7, 11) is -3.58. The molecular weight excluding hydrogens is 244 g/mol. The van der Waals surface area contributed by atoms with Crippen molar-refractivity contribution in [3.05, 3.63) is 6.20 Å². The first-order valence-electron chi connectivity index (χ1n) is 5.46. The van der Waals surface area contributed by atoms with Crippen molar-refractivity contribution >= 4 is 15.8 Å². The molecule has 1 aliphatic carbocycles. The third kappa shape index (κ3) is 3.42. The smallest absolute Gasteiger partial charge is 0.245 e. The number of ether oxygens (including phenoxy) is 1. The Morgan fingerprint density at radius 2 is 2.35 bits per heavy atom. The molecule has 0 amide bonds. The first-order chi connectivity index (χ1) is 8.09. The van der Waals surface area contributed by atoms with Gasteiger partial charge in [0.1, 0.15) is 10.7 Å². The number of sulfonamides is 1. The number of nitrogens with one attached hydrogen (secondary N) is 2. The Hall–Kier alpha value is -1.12. The number of H-pyrrole nitrogens is 1. The number of aromatic amines is 1. The lowest BCUT2D eigenvalue weighted by atomic mass is 10.5. The molecule has 1 aliphatic rings. The van der Waals surface area contributed by atoms with Gasteiger partial charge in [0.15, 0.2) is 0 Å². The minimum absolute atomic E-state index is 0.0281. The molecule has 1 aromatic rings. The lowest BCUT2D eigenvalue weighted by Gasteiger charge is -2.06. The van der Waals surface area contributed by atoms with Crippen LogP contribution in [0.4, 0.5) is 5.82 Å². The standard InChI is InChI=1S/C9H16N4O3S/c10-9-8(5-11-13-9)17(14,15)12-3-4-16-6-7-1-2-7/h5,7,12H,1-4,6H2,(H3,10,11,13). The normalized spacial score (nSPS) is 16.2. The molecule has 96 valence electrons. The molecule has 1 fully saturated rings. The van der Waals surface area contributed by atoms with E-state index in [0.29, 0.717) is 12.5 Å². The number of aromatic nitrogens is 2. The second kappa shape index (κ2) is 5.03. The summed E-state index contributed by atoms with van der Waals surface area (Å²) >= 11 is 0. The van der Waals surface area contributed by atoms with Crippen molar-refractivity contribution in [1.29, 1.82) is 0 Å². The zero-order valence-electron chi connectivity index (χ0n) is 9.35. The average molecular weight is 260 g/mol. The third-order valence-electron chi connectivity index (χ3n) is 2.51. The largest absolute Gasteiger partial charge is 0.383 e. The van der Waals surface area contributed by atoms with Crippen molar-refractivity contribution in [2.45, 2.75) is 17.7 Å². The van der Waals surface area contributed by atoms with Gasteiger partial charge in [-0.25, -0.2) is 13.1 Å². The predicted molar refractivity (Wildman–Crippen MR) is 61.7 cm³/mol. The summed E-state index contributed by atoms with van der Waals surface area (Å²) in [6.07, 6.45) is 3.62. The lowest BCUT2D eigenvalue weighted by molar-refractivity contribution is 0.129. The summed E-state index contributed by atoms with van der Waals surface area (Å²) in [5.74, 6) is 0.715. The molecule has 2 rings (SSSR count). The van der Waals surface area contributed by atoms with Gasteiger partial charge in [-0.3, -0.25) is 5.10 Å². The van der Waals surface area contributed by atoms with Crippen LogP contribution in [0, 0.1) is 5.92 Å². The molecule has 0 radical (unpaired) electrons. The monoisotopic (exact) mass is 260 g/mol. The highest BCUT2D eigenvalue weighted by Crippen LogP contribution is 2.28. The maximum Gasteiger partial charge on any atom is 0.245 e. The van der Waals surface area contributed by atoms with Gasteiger partial charge in [0.05, 0.1) is 12.8 Å². The summed E-state index contributed by atoms with van der Waals surface area (Å²) in [5.41, 5.74) is 5.44. The SMILES string of the molecule is Nc1[nH]ncc1S(=O)(=O)NCCOCC1CC1. The van der Waals surface area contributed by atoms with Crippen LogP contribution in [-0.2, 0) is 14.8 Å². The van der Waals surface area contributed by atoms with Gasteiger partial charge in [0, 0.05) is 13.2 Å². The molecule has 4 N–H and O–H groups in total. The fourth-order valence-electron chi connectivity index (χ4n) is 1.36. The highest BCUT2D eigenvalue weighted by Gasteiger charge is 2.21. The van der Waals surface area contributed by atoms with Crippen LogP contribution in [0.5, 0.6) is 0 Å². The number of rotatable bonds is 7. The molecule has 1 heterocycles. The number of anilines is 1. The molecular formula is C9H16N4O3S. The van der Waals surface area contributed by atoms with E-state index in [-0.39, 0.29) is 17.3 Å². The van der Waals surface area contributed by atoms with E-state index in [1.54, 1.807) is 0 Å². The van der Waals surface area contributed by atoms with Crippen molar-refractivity contribution in [2.24, 2.45) is 5.92 Å². The van der Waals surface area contributed by atoms with Crippen LogP contribution >= 0.6 is 0 Å². The number of nitrogens with zero attached hydrogens (tertiary/aromatic N) is 1. The molecule has 17 heavy (non-hydrogen) atoms. The Balaban J connectivity index is 1.75. The number of nitrogen functional groups attached to an aromatic ring is 1. The van der Waals surface area contributed by atoms with Gasteiger partial charge in [-0.2, -0.15) is 5.10 Å². The number of hydrogen-bond acceptors (Lipinski definition) is 5. The zero-order chi connectivity index (χ0) is 12.3. The summed E-state index contributed by atoms with van der Waals surface area (Å²) in [5, 5.41) is 5.94. The van der Waals surface area contributed by atoms with E-state index in [1.807, 2.05) is 0 Å². The van der Waals surface area contributed by atoms with Gasteiger partial charge in [-0.1, -0.05) is 0 Å². The summed E-state index contributed by atoms with van der Waals surface area (Å²) in [4.78, 5) is -0.0281. The minimum atomic E-state index is -3.58. The van der Waals surface area contributed by atoms with E-state index in [4.69, 9.17) is 10.5 Å². The molecule has 0 spiro atoms. The molecule has 0 aliphatic heterocycles. The summed E-state index contributed by atoms with van der Waals surface area (Å²) < 4.78 is 31.2. The zero-order valence-corrected chi connectivity index (χ0v) is 10.2. The first-order valence-corrected chi connectivity index (χ1v) is 6.94. The molecule has 0 saturated heterocycles. The fraction of sp³-hybridized carbons (Fsp3) is 0.667. The highest BCUT2D eigenvalue weighted by atomic mass is 32.2. The molecule has 7 nitrogen and oxygen atoms in total.